The van der Waals surface area contributed by atoms with E-state index in [9.17, 15) is 13.2 Å². The van der Waals surface area contributed by atoms with Gasteiger partial charge in [0.25, 0.3) is 0 Å². The zero-order chi connectivity index (χ0) is 12.5. The Bertz CT molecular complexity index is 563. The molecular formula is C12H13NO3S. The Morgan fingerprint density at radius 1 is 1.47 bits per heavy atom. The Morgan fingerprint density at radius 2 is 2.18 bits per heavy atom. The standard InChI is InChI=1S/C12H13NO3S/c1-2-12(14)13-7-9-8-17(15,16)11-6-4-3-5-10(9)11/h2-6,9H,1,7-8H2,(H,13,14). The molecule has 2 rings (SSSR count). The molecule has 1 aliphatic heterocycles. The summed E-state index contributed by atoms with van der Waals surface area (Å²) in [5, 5.41) is 2.63. The van der Waals surface area contributed by atoms with Crippen molar-refractivity contribution in [1.82, 2.24) is 5.32 Å². The van der Waals surface area contributed by atoms with E-state index in [2.05, 4.69) is 11.9 Å². The highest BCUT2D eigenvalue weighted by atomic mass is 32.2. The van der Waals surface area contributed by atoms with Gasteiger partial charge in [-0.1, -0.05) is 24.8 Å². The number of amides is 1. The number of nitrogens with one attached hydrogen (secondary N) is 1. The average molecular weight is 251 g/mol. The summed E-state index contributed by atoms with van der Waals surface area (Å²) in [5.74, 6) is -0.393. The molecule has 1 aromatic carbocycles. The summed E-state index contributed by atoms with van der Waals surface area (Å²) in [7, 11) is -3.19. The third kappa shape index (κ3) is 2.24. The van der Waals surface area contributed by atoms with Crippen LogP contribution in [0.4, 0.5) is 0 Å². The van der Waals surface area contributed by atoms with Gasteiger partial charge in [-0.05, 0) is 17.7 Å². The number of hydrogen-bond acceptors (Lipinski definition) is 3. The van der Waals surface area contributed by atoms with Crippen molar-refractivity contribution in [2.24, 2.45) is 0 Å². The van der Waals surface area contributed by atoms with Gasteiger partial charge < -0.3 is 5.32 Å². The fraction of sp³-hybridized carbons (Fsp3) is 0.250. The SMILES string of the molecule is C=CC(=O)NCC1CS(=O)(=O)c2ccccc21. The van der Waals surface area contributed by atoms with E-state index >= 15 is 0 Å². The minimum absolute atomic E-state index is 0.0593. The highest BCUT2D eigenvalue weighted by Crippen LogP contribution is 2.34. The first kappa shape index (κ1) is 11.9. The lowest BCUT2D eigenvalue weighted by molar-refractivity contribution is -0.116. The molecule has 4 nitrogen and oxygen atoms in total. The molecule has 0 saturated carbocycles. The van der Waals surface area contributed by atoms with Crippen LogP contribution in [0.5, 0.6) is 0 Å². The molecule has 1 N–H and O–H groups in total. The van der Waals surface area contributed by atoms with Crippen molar-refractivity contribution in [3.63, 3.8) is 0 Å². The van der Waals surface area contributed by atoms with Gasteiger partial charge in [0, 0.05) is 12.5 Å². The molecule has 1 atom stereocenters. The molecule has 0 bridgehead atoms. The van der Waals surface area contributed by atoms with Crippen molar-refractivity contribution in [3.8, 4) is 0 Å². The topological polar surface area (TPSA) is 63.2 Å². The Hall–Kier alpha value is -1.62. The van der Waals surface area contributed by atoms with Crippen molar-refractivity contribution in [2.75, 3.05) is 12.3 Å². The lowest BCUT2D eigenvalue weighted by Gasteiger charge is -2.09. The number of benzene rings is 1. The molecule has 1 aromatic rings. The molecule has 1 aliphatic rings. The summed E-state index contributed by atoms with van der Waals surface area (Å²) in [6.07, 6.45) is 1.18. The molecule has 5 heteroatoms. The zero-order valence-electron chi connectivity index (χ0n) is 9.22. The highest BCUT2D eigenvalue weighted by molar-refractivity contribution is 7.91. The van der Waals surface area contributed by atoms with Crippen LogP contribution in [-0.4, -0.2) is 26.6 Å². The van der Waals surface area contributed by atoms with Crippen molar-refractivity contribution in [2.45, 2.75) is 10.8 Å². The van der Waals surface area contributed by atoms with Crippen LogP contribution < -0.4 is 5.32 Å². The van der Waals surface area contributed by atoms with E-state index in [1.807, 2.05) is 6.07 Å². The quantitative estimate of drug-likeness (QED) is 0.810. The van der Waals surface area contributed by atoms with Crippen molar-refractivity contribution in [1.29, 1.82) is 0 Å². The summed E-state index contributed by atoms with van der Waals surface area (Å²) in [6, 6.07) is 6.92. The van der Waals surface area contributed by atoms with Gasteiger partial charge in [0.05, 0.1) is 10.6 Å². The molecule has 17 heavy (non-hydrogen) atoms. The van der Waals surface area contributed by atoms with E-state index < -0.39 is 9.84 Å². The monoisotopic (exact) mass is 251 g/mol. The lowest BCUT2D eigenvalue weighted by atomic mass is 10.0. The zero-order valence-corrected chi connectivity index (χ0v) is 10.0. The van der Waals surface area contributed by atoms with Crippen LogP contribution in [-0.2, 0) is 14.6 Å². The Balaban J connectivity index is 2.23. The molecule has 90 valence electrons. The Morgan fingerprint density at radius 3 is 2.88 bits per heavy atom. The summed E-state index contributed by atoms with van der Waals surface area (Å²) in [5.41, 5.74) is 0.789. The molecule has 0 spiro atoms. The maximum Gasteiger partial charge on any atom is 0.243 e. The van der Waals surface area contributed by atoms with Crippen LogP contribution in [0.25, 0.3) is 0 Å². The van der Waals surface area contributed by atoms with E-state index in [0.717, 1.165) is 5.56 Å². The number of sulfone groups is 1. The first-order chi connectivity index (χ1) is 8.04. The number of carbonyl (C=O) groups excluding carboxylic acids is 1. The summed E-state index contributed by atoms with van der Waals surface area (Å²) in [6.45, 7) is 3.67. The molecule has 1 heterocycles. The lowest BCUT2D eigenvalue weighted by Crippen LogP contribution is -2.27. The van der Waals surface area contributed by atoms with Gasteiger partial charge in [-0.3, -0.25) is 4.79 Å². The predicted octanol–water partition coefficient (Wildman–Crippen LogP) is 0.860. The van der Waals surface area contributed by atoms with E-state index in [0.29, 0.717) is 11.4 Å². The highest BCUT2D eigenvalue weighted by Gasteiger charge is 2.34. The van der Waals surface area contributed by atoms with Crippen molar-refractivity contribution in [3.05, 3.63) is 42.5 Å². The predicted molar refractivity (Wildman–Crippen MR) is 64.4 cm³/mol. The van der Waals surface area contributed by atoms with Gasteiger partial charge in [0.1, 0.15) is 0 Å². The maximum atomic E-state index is 11.8. The Kier molecular flexibility index (Phi) is 3.02. The van der Waals surface area contributed by atoms with Crippen LogP contribution in [0.3, 0.4) is 0 Å². The molecule has 0 fully saturated rings. The molecule has 0 aliphatic carbocycles. The first-order valence-corrected chi connectivity index (χ1v) is 6.92. The van der Waals surface area contributed by atoms with E-state index in [1.54, 1.807) is 18.2 Å². The van der Waals surface area contributed by atoms with Crippen LogP contribution in [0.1, 0.15) is 11.5 Å². The summed E-state index contributed by atoms with van der Waals surface area (Å²) in [4.78, 5) is 11.5. The van der Waals surface area contributed by atoms with E-state index in [1.165, 1.54) is 6.08 Å². The van der Waals surface area contributed by atoms with Crippen molar-refractivity contribution >= 4 is 15.7 Å². The number of fused-ring (bicyclic) bond motifs is 1. The van der Waals surface area contributed by atoms with Gasteiger partial charge in [-0.25, -0.2) is 8.42 Å². The fourth-order valence-corrected chi connectivity index (χ4v) is 3.90. The smallest absolute Gasteiger partial charge is 0.243 e. The molecule has 0 radical (unpaired) electrons. The second-order valence-electron chi connectivity index (χ2n) is 3.97. The molecule has 0 saturated heterocycles. The van der Waals surface area contributed by atoms with Crippen LogP contribution in [0.15, 0.2) is 41.8 Å². The second kappa shape index (κ2) is 4.33. The van der Waals surface area contributed by atoms with Gasteiger partial charge >= 0.3 is 0 Å². The number of carbonyl (C=O) groups is 1. The van der Waals surface area contributed by atoms with Gasteiger partial charge in [-0.2, -0.15) is 0 Å². The van der Waals surface area contributed by atoms with Crippen LogP contribution in [0.2, 0.25) is 0 Å². The third-order valence-corrected chi connectivity index (χ3v) is 4.71. The summed E-state index contributed by atoms with van der Waals surface area (Å²) >= 11 is 0. The fourth-order valence-electron chi connectivity index (χ4n) is 2.01. The van der Waals surface area contributed by atoms with Gasteiger partial charge in [0.15, 0.2) is 9.84 Å². The van der Waals surface area contributed by atoms with E-state index in [-0.39, 0.29) is 17.6 Å². The van der Waals surface area contributed by atoms with Gasteiger partial charge in [0.2, 0.25) is 5.91 Å². The molecule has 0 aromatic heterocycles. The number of rotatable bonds is 3. The van der Waals surface area contributed by atoms with Crippen LogP contribution in [0, 0.1) is 0 Å². The largest absolute Gasteiger partial charge is 0.352 e. The Labute approximate surface area is 100 Å². The maximum absolute atomic E-state index is 11.8. The third-order valence-electron chi connectivity index (χ3n) is 2.82. The molecule has 1 amide bonds. The second-order valence-corrected chi connectivity index (χ2v) is 5.97. The van der Waals surface area contributed by atoms with Crippen molar-refractivity contribution < 1.29 is 13.2 Å². The van der Waals surface area contributed by atoms with Crippen LogP contribution >= 0.6 is 0 Å². The average Bonchev–Trinajstić information content (AvgIpc) is 2.59. The minimum atomic E-state index is -3.19. The normalized spacial score (nSPS) is 20.6. The van der Waals surface area contributed by atoms with E-state index in [4.69, 9.17) is 0 Å². The minimum Gasteiger partial charge on any atom is -0.352 e. The molecular weight excluding hydrogens is 238 g/mol. The molecule has 1 unspecified atom stereocenters. The van der Waals surface area contributed by atoms with Gasteiger partial charge in [-0.15, -0.1) is 0 Å². The first-order valence-electron chi connectivity index (χ1n) is 5.26. The summed E-state index contributed by atoms with van der Waals surface area (Å²) < 4.78 is 23.7. The number of hydrogen-bond donors (Lipinski definition) is 1.